The van der Waals surface area contributed by atoms with Gasteiger partial charge in [-0.15, -0.1) is 0 Å². The average molecular weight is 574 g/mol. The summed E-state index contributed by atoms with van der Waals surface area (Å²) in [6, 6.07) is 0. The molecule has 0 spiro atoms. The smallest absolute Gasteiger partial charge is 0.0861 e. The molecule has 20 heavy (non-hydrogen) atoms. The molecule has 0 unspecified atom stereocenters. The molecule has 0 heterocycles. The maximum Gasteiger partial charge on any atom is 0.0861 e. The van der Waals surface area contributed by atoms with Gasteiger partial charge in [0.05, 0.1) is 14.3 Å². The van der Waals surface area contributed by atoms with E-state index in [0.717, 1.165) is 29.0 Å². The van der Waals surface area contributed by atoms with Crippen molar-refractivity contribution in [3.8, 4) is 0 Å². The van der Waals surface area contributed by atoms with E-state index in [1.807, 2.05) is 0 Å². The normalized spacial score (nSPS) is 12.8. The van der Waals surface area contributed by atoms with Gasteiger partial charge in [0.1, 0.15) is 0 Å². The van der Waals surface area contributed by atoms with Gasteiger partial charge in [-0.05, 0) is 85.6 Å². The molecule has 1 aromatic rings. The first-order valence-corrected chi connectivity index (χ1v) is 14.5. The van der Waals surface area contributed by atoms with Gasteiger partial charge >= 0.3 is 0 Å². The standard InChI is InChI=1S/C12H16Br4O2P2/c1-19(2,17)5-7-9(13)8(6-20(3,4)18)11(15)12(16)10(7)14/h5-6H2,1-4H3. The summed E-state index contributed by atoms with van der Waals surface area (Å²) in [7, 11) is -4.43. The van der Waals surface area contributed by atoms with Crippen LogP contribution in [0.15, 0.2) is 17.9 Å². The molecule has 0 radical (unpaired) electrons. The Labute approximate surface area is 154 Å². The van der Waals surface area contributed by atoms with Gasteiger partial charge in [0.2, 0.25) is 0 Å². The quantitative estimate of drug-likeness (QED) is 0.221. The van der Waals surface area contributed by atoms with Gasteiger partial charge in [0, 0.05) is 30.2 Å². The topological polar surface area (TPSA) is 34.1 Å². The number of rotatable bonds is 4. The molecule has 0 saturated heterocycles. The third kappa shape index (κ3) is 5.35. The van der Waals surface area contributed by atoms with Gasteiger partial charge in [-0.1, -0.05) is 15.9 Å². The zero-order valence-corrected chi connectivity index (χ0v) is 19.8. The van der Waals surface area contributed by atoms with Crippen LogP contribution in [0, 0.1) is 0 Å². The third-order valence-corrected chi connectivity index (χ3v) is 9.24. The lowest BCUT2D eigenvalue weighted by Gasteiger charge is -2.19. The second kappa shape index (κ2) is 7.01. The Bertz CT molecular complexity index is 580. The molecule has 0 amide bonds. The summed E-state index contributed by atoms with van der Waals surface area (Å²) in [6.07, 6.45) is 0.982. The number of hydrogen-bond donors (Lipinski definition) is 0. The molecule has 114 valence electrons. The highest BCUT2D eigenvalue weighted by molar-refractivity contribution is 9.14. The highest BCUT2D eigenvalue weighted by atomic mass is 79.9. The maximum absolute atomic E-state index is 12.2. The Morgan fingerprint density at radius 1 is 0.650 bits per heavy atom. The van der Waals surface area contributed by atoms with Crippen molar-refractivity contribution in [2.75, 3.05) is 26.7 Å². The molecule has 1 aromatic carbocycles. The predicted molar refractivity (Wildman–Crippen MR) is 104 cm³/mol. The summed E-state index contributed by atoms with van der Waals surface area (Å²) in [5, 5.41) is 0. The van der Waals surface area contributed by atoms with Gasteiger partial charge in [-0.3, -0.25) is 0 Å². The second-order valence-electron chi connectivity index (χ2n) is 5.68. The van der Waals surface area contributed by atoms with Gasteiger partial charge in [-0.25, -0.2) is 0 Å². The molecule has 2 nitrogen and oxygen atoms in total. The minimum absolute atomic E-state index is 0.491. The van der Waals surface area contributed by atoms with Crippen LogP contribution in [-0.2, 0) is 21.5 Å². The van der Waals surface area contributed by atoms with E-state index in [2.05, 4.69) is 63.7 Å². The number of hydrogen-bond acceptors (Lipinski definition) is 2. The van der Waals surface area contributed by atoms with Gasteiger partial charge < -0.3 is 9.13 Å². The van der Waals surface area contributed by atoms with Crippen molar-refractivity contribution in [3.05, 3.63) is 29.0 Å². The molecular weight excluding hydrogens is 558 g/mol. The van der Waals surface area contributed by atoms with Crippen molar-refractivity contribution in [1.29, 1.82) is 0 Å². The molecule has 0 saturated carbocycles. The molecule has 0 aliphatic heterocycles. The van der Waals surface area contributed by atoms with Crippen LogP contribution in [0.2, 0.25) is 0 Å². The molecule has 0 aliphatic carbocycles. The van der Waals surface area contributed by atoms with Crippen molar-refractivity contribution in [2.24, 2.45) is 0 Å². The molecular formula is C12H16Br4O2P2. The zero-order chi connectivity index (χ0) is 15.9. The Balaban J connectivity index is 3.55. The van der Waals surface area contributed by atoms with Crippen LogP contribution in [0.4, 0.5) is 0 Å². The Kier molecular flexibility index (Phi) is 6.89. The summed E-state index contributed by atoms with van der Waals surface area (Å²) in [5.74, 6) is 0. The average Bonchev–Trinajstić information content (AvgIpc) is 2.25. The van der Waals surface area contributed by atoms with Crippen molar-refractivity contribution in [1.82, 2.24) is 0 Å². The van der Waals surface area contributed by atoms with E-state index in [1.54, 1.807) is 26.7 Å². The van der Waals surface area contributed by atoms with Crippen molar-refractivity contribution in [2.45, 2.75) is 12.3 Å². The summed E-state index contributed by atoms with van der Waals surface area (Å²) in [5.41, 5.74) is 1.91. The Hall–Kier alpha value is 1.60. The fourth-order valence-corrected chi connectivity index (χ4v) is 7.82. The summed E-state index contributed by atoms with van der Waals surface area (Å²) in [4.78, 5) is 0. The highest BCUT2D eigenvalue weighted by Gasteiger charge is 2.24. The summed E-state index contributed by atoms with van der Waals surface area (Å²) < 4.78 is 27.8. The summed E-state index contributed by atoms with van der Waals surface area (Å²) >= 11 is 14.2. The highest BCUT2D eigenvalue weighted by Crippen LogP contribution is 2.52. The van der Waals surface area contributed by atoms with Crippen LogP contribution in [0.3, 0.4) is 0 Å². The lowest BCUT2D eigenvalue weighted by molar-refractivity contribution is 0.581. The van der Waals surface area contributed by atoms with E-state index in [9.17, 15) is 9.13 Å². The van der Waals surface area contributed by atoms with E-state index in [4.69, 9.17) is 0 Å². The van der Waals surface area contributed by atoms with E-state index < -0.39 is 14.3 Å². The van der Waals surface area contributed by atoms with Gasteiger partial charge in [0.15, 0.2) is 0 Å². The fourth-order valence-electron chi connectivity index (χ4n) is 1.78. The summed E-state index contributed by atoms with van der Waals surface area (Å²) in [6.45, 7) is 7.08. The molecule has 0 aromatic heterocycles. The van der Waals surface area contributed by atoms with E-state index in [-0.39, 0.29) is 0 Å². The molecule has 0 N–H and O–H groups in total. The monoisotopic (exact) mass is 570 g/mol. The molecule has 8 heteroatoms. The molecule has 0 bridgehead atoms. The largest absolute Gasteiger partial charge is 0.324 e. The maximum atomic E-state index is 12.2. The number of benzene rings is 1. The Morgan fingerprint density at radius 2 is 0.950 bits per heavy atom. The van der Waals surface area contributed by atoms with Crippen LogP contribution < -0.4 is 0 Å². The molecule has 0 fully saturated rings. The Morgan fingerprint density at radius 3 is 1.20 bits per heavy atom. The molecule has 0 atom stereocenters. The van der Waals surface area contributed by atoms with Crippen LogP contribution in [0.25, 0.3) is 0 Å². The fraction of sp³-hybridized carbons (Fsp3) is 0.500. The van der Waals surface area contributed by atoms with Gasteiger partial charge in [0.25, 0.3) is 0 Å². The molecule has 0 aliphatic rings. The first-order valence-electron chi connectivity index (χ1n) is 5.75. The van der Waals surface area contributed by atoms with Crippen LogP contribution in [0.1, 0.15) is 11.1 Å². The van der Waals surface area contributed by atoms with Crippen molar-refractivity contribution < 1.29 is 9.13 Å². The lowest BCUT2D eigenvalue weighted by Crippen LogP contribution is -1.99. The van der Waals surface area contributed by atoms with E-state index >= 15 is 0 Å². The lowest BCUT2D eigenvalue weighted by atomic mass is 10.1. The zero-order valence-electron chi connectivity index (χ0n) is 11.6. The van der Waals surface area contributed by atoms with E-state index in [1.165, 1.54) is 0 Å². The van der Waals surface area contributed by atoms with Crippen LogP contribution in [0.5, 0.6) is 0 Å². The van der Waals surface area contributed by atoms with Crippen LogP contribution >= 0.6 is 78.0 Å². The number of halogens is 4. The minimum Gasteiger partial charge on any atom is -0.324 e. The minimum atomic E-state index is -2.21. The third-order valence-electron chi connectivity index (χ3n) is 2.52. The van der Waals surface area contributed by atoms with Crippen molar-refractivity contribution in [3.63, 3.8) is 0 Å². The van der Waals surface area contributed by atoms with Gasteiger partial charge in [-0.2, -0.15) is 0 Å². The first-order chi connectivity index (χ1) is 8.83. The predicted octanol–water partition coefficient (Wildman–Crippen LogP) is 6.98. The van der Waals surface area contributed by atoms with Crippen molar-refractivity contribution >= 4 is 78.0 Å². The van der Waals surface area contributed by atoms with E-state index in [0.29, 0.717) is 12.3 Å². The molecule has 1 rings (SSSR count). The van der Waals surface area contributed by atoms with Crippen LogP contribution in [-0.4, -0.2) is 26.7 Å². The second-order valence-corrected chi connectivity index (χ2v) is 15.8. The first kappa shape index (κ1) is 19.6. The SMILES string of the molecule is CP(C)(=O)Cc1c(Br)c(Br)c(Br)c(CP(C)(C)=O)c1Br.